The van der Waals surface area contributed by atoms with Crippen molar-refractivity contribution in [2.45, 2.75) is 24.8 Å². The Morgan fingerprint density at radius 1 is 1.08 bits per heavy atom. The number of rotatable bonds is 7. The number of nitrogens with zero attached hydrogens (tertiary/aromatic N) is 3. The van der Waals surface area contributed by atoms with Gasteiger partial charge in [0.25, 0.3) is 5.91 Å². The molecule has 0 unspecified atom stereocenters. The number of fused-ring (bicyclic) bond motifs is 3. The summed E-state index contributed by atoms with van der Waals surface area (Å²) in [5.41, 5.74) is 3.44. The summed E-state index contributed by atoms with van der Waals surface area (Å²) < 4.78 is 5.34. The van der Waals surface area contributed by atoms with Crippen LogP contribution in [0.25, 0.3) is 0 Å². The molecular formula is C27H23ClN4O3S. The molecule has 0 aliphatic carbocycles. The van der Waals surface area contributed by atoms with E-state index in [0.29, 0.717) is 34.1 Å². The molecular weight excluding hydrogens is 496 g/mol. The van der Waals surface area contributed by atoms with Gasteiger partial charge in [-0.2, -0.15) is 0 Å². The summed E-state index contributed by atoms with van der Waals surface area (Å²) >= 11 is 7.45. The molecule has 2 aliphatic heterocycles. The van der Waals surface area contributed by atoms with Crippen molar-refractivity contribution in [3.8, 4) is 5.75 Å². The van der Waals surface area contributed by atoms with Crippen LogP contribution < -0.4 is 10.1 Å². The second-order valence-corrected chi connectivity index (χ2v) is 9.64. The quantitative estimate of drug-likeness (QED) is 0.480. The second-order valence-electron chi connectivity index (χ2n) is 8.26. The molecule has 1 atom stereocenters. The second kappa shape index (κ2) is 10.6. The summed E-state index contributed by atoms with van der Waals surface area (Å²) in [6.45, 7) is 0.302. The number of halogens is 1. The minimum Gasteiger partial charge on any atom is -0.496 e. The molecule has 3 aromatic carbocycles. The summed E-state index contributed by atoms with van der Waals surface area (Å²) in [6.07, 6.45) is -0.0503. The Morgan fingerprint density at radius 3 is 2.64 bits per heavy atom. The fraction of sp³-hybridized carbons (Fsp3) is 0.185. The lowest BCUT2D eigenvalue weighted by Gasteiger charge is -2.25. The van der Waals surface area contributed by atoms with Gasteiger partial charge in [0.2, 0.25) is 5.91 Å². The van der Waals surface area contributed by atoms with Crippen molar-refractivity contribution in [1.29, 1.82) is 0 Å². The lowest BCUT2D eigenvalue weighted by Crippen LogP contribution is -2.42. The number of nitrogens with one attached hydrogen (secondary N) is 1. The van der Waals surface area contributed by atoms with Crippen LogP contribution in [0.1, 0.15) is 23.1 Å². The molecule has 9 heteroatoms. The normalized spacial score (nSPS) is 16.1. The van der Waals surface area contributed by atoms with Gasteiger partial charge in [-0.15, -0.1) is 0 Å². The maximum absolute atomic E-state index is 13.4. The summed E-state index contributed by atoms with van der Waals surface area (Å²) in [7, 11) is 1.59. The van der Waals surface area contributed by atoms with Gasteiger partial charge in [-0.1, -0.05) is 65.8 Å². The average molecular weight is 519 g/mol. The molecule has 7 nitrogen and oxygen atoms in total. The zero-order chi connectivity index (χ0) is 25.1. The highest BCUT2D eigenvalue weighted by atomic mass is 35.5. The molecule has 2 heterocycles. The lowest BCUT2D eigenvalue weighted by atomic mass is 10.1. The molecule has 182 valence electrons. The van der Waals surface area contributed by atoms with Gasteiger partial charge in [0.15, 0.2) is 5.17 Å². The average Bonchev–Trinajstić information content (AvgIpc) is 3.23. The van der Waals surface area contributed by atoms with Crippen LogP contribution in [0.5, 0.6) is 5.75 Å². The highest BCUT2D eigenvalue weighted by Crippen LogP contribution is 2.35. The lowest BCUT2D eigenvalue weighted by molar-refractivity contribution is -0.128. The fourth-order valence-corrected chi connectivity index (χ4v) is 5.13. The number of benzene rings is 3. The number of amidine groups is 2. The summed E-state index contributed by atoms with van der Waals surface area (Å²) in [4.78, 5) is 37.1. The van der Waals surface area contributed by atoms with E-state index in [-0.39, 0.29) is 18.2 Å². The zero-order valence-corrected chi connectivity index (χ0v) is 21.1. The van der Waals surface area contributed by atoms with Crippen LogP contribution in [0.4, 0.5) is 5.69 Å². The van der Waals surface area contributed by atoms with E-state index >= 15 is 0 Å². The number of carbonyl (C=O) groups excluding carboxylic acids is 2. The molecule has 0 aromatic heterocycles. The number of hydrogen-bond donors (Lipinski definition) is 1. The minimum absolute atomic E-state index is 0.0503. The molecule has 0 saturated carbocycles. The predicted molar refractivity (Wildman–Crippen MR) is 143 cm³/mol. The van der Waals surface area contributed by atoms with Crippen LogP contribution in [-0.2, 0) is 21.9 Å². The Bertz CT molecular complexity index is 1370. The molecule has 1 N–H and O–H groups in total. The van der Waals surface area contributed by atoms with Crippen LogP contribution in [-0.4, -0.2) is 40.9 Å². The van der Waals surface area contributed by atoms with Gasteiger partial charge < -0.3 is 10.1 Å². The minimum atomic E-state index is -0.815. The number of amides is 2. The van der Waals surface area contributed by atoms with E-state index in [1.54, 1.807) is 12.0 Å². The molecule has 5 rings (SSSR count). The van der Waals surface area contributed by atoms with Crippen LogP contribution in [0.3, 0.4) is 0 Å². The maximum Gasteiger partial charge on any atom is 0.259 e. The van der Waals surface area contributed by atoms with E-state index in [0.717, 1.165) is 22.4 Å². The van der Waals surface area contributed by atoms with Gasteiger partial charge in [-0.3, -0.25) is 14.6 Å². The molecule has 36 heavy (non-hydrogen) atoms. The first-order chi connectivity index (χ1) is 17.5. The third kappa shape index (κ3) is 5.01. The van der Waals surface area contributed by atoms with Gasteiger partial charge in [0, 0.05) is 28.4 Å². The van der Waals surface area contributed by atoms with Gasteiger partial charge >= 0.3 is 0 Å². The number of ether oxygens (including phenoxy) is 1. The largest absolute Gasteiger partial charge is 0.496 e. The van der Waals surface area contributed by atoms with Crippen molar-refractivity contribution >= 4 is 51.9 Å². The van der Waals surface area contributed by atoms with Crippen molar-refractivity contribution in [3.05, 3.63) is 94.5 Å². The van der Waals surface area contributed by atoms with Gasteiger partial charge in [-0.25, -0.2) is 9.89 Å². The number of thioether (sulfide) groups is 1. The van der Waals surface area contributed by atoms with E-state index in [2.05, 4.69) is 10.3 Å². The van der Waals surface area contributed by atoms with Crippen molar-refractivity contribution in [2.24, 2.45) is 9.98 Å². The van der Waals surface area contributed by atoms with Gasteiger partial charge in [0.1, 0.15) is 17.6 Å². The molecule has 0 fully saturated rings. The molecule has 2 aliphatic rings. The summed E-state index contributed by atoms with van der Waals surface area (Å²) in [5.74, 6) is 1.33. The molecule has 2 amide bonds. The van der Waals surface area contributed by atoms with E-state index in [1.807, 2.05) is 72.8 Å². The third-order valence-electron chi connectivity index (χ3n) is 5.88. The monoisotopic (exact) mass is 518 g/mol. The van der Waals surface area contributed by atoms with Crippen LogP contribution in [0, 0.1) is 0 Å². The first-order valence-corrected chi connectivity index (χ1v) is 12.8. The Morgan fingerprint density at radius 2 is 1.83 bits per heavy atom. The van der Waals surface area contributed by atoms with E-state index in [9.17, 15) is 9.59 Å². The van der Waals surface area contributed by atoms with Crippen molar-refractivity contribution in [3.63, 3.8) is 0 Å². The molecule has 0 radical (unpaired) electrons. The number of carbonyl (C=O) groups is 2. The predicted octanol–water partition coefficient (Wildman–Crippen LogP) is 4.95. The van der Waals surface area contributed by atoms with E-state index in [1.165, 1.54) is 11.8 Å². The highest BCUT2D eigenvalue weighted by Gasteiger charge is 2.42. The smallest absolute Gasteiger partial charge is 0.259 e. The number of para-hydroxylation sites is 2. The number of aliphatic imine (C=N–C) groups is 2. The Kier molecular flexibility index (Phi) is 7.06. The first-order valence-electron chi connectivity index (χ1n) is 11.4. The molecule has 0 spiro atoms. The van der Waals surface area contributed by atoms with Gasteiger partial charge in [-0.05, 0) is 35.9 Å². The van der Waals surface area contributed by atoms with Crippen molar-refractivity contribution in [2.75, 3.05) is 7.11 Å². The van der Waals surface area contributed by atoms with E-state index in [4.69, 9.17) is 21.3 Å². The van der Waals surface area contributed by atoms with Crippen LogP contribution in [0.2, 0.25) is 5.02 Å². The van der Waals surface area contributed by atoms with E-state index < -0.39 is 6.04 Å². The fourth-order valence-electron chi connectivity index (χ4n) is 4.05. The summed E-state index contributed by atoms with van der Waals surface area (Å²) in [5, 5.41) is 4.09. The highest BCUT2D eigenvalue weighted by molar-refractivity contribution is 8.13. The molecule has 0 bridgehead atoms. The van der Waals surface area contributed by atoms with Crippen LogP contribution >= 0.6 is 23.4 Å². The number of hydrogen-bond acceptors (Lipinski definition) is 6. The topological polar surface area (TPSA) is 83.4 Å². The maximum atomic E-state index is 13.4. The molecule has 0 saturated heterocycles. The van der Waals surface area contributed by atoms with Crippen molar-refractivity contribution < 1.29 is 14.3 Å². The Labute approximate surface area is 218 Å². The Balaban J connectivity index is 1.32. The third-order valence-corrected chi connectivity index (χ3v) is 7.14. The summed E-state index contributed by atoms with van der Waals surface area (Å²) in [6, 6.07) is 21.8. The van der Waals surface area contributed by atoms with Crippen LogP contribution in [0.15, 0.2) is 82.8 Å². The molecule has 3 aromatic rings. The standard InChI is InChI=1S/C27H23ClN4O3S/c1-35-23-9-5-2-6-18(23)15-29-24(33)14-22-26(34)32-25(30-22)20-7-3-4-8-21(20)31-27(32)36-16-17-10-12-19(28)13-11-17/h2-13,22H,14-16H2,1H3,(H,29,33)/t22-/m0/s1. The zero-order valence-electron chi connectivity index (χ0n) is 19.5. The Hall–Kier alpha value is -3.62. The SMILES string of the molecule is COc1ccccc1CNC(=O)C[C@@H]1N=C2c3ccccc3N=C(SCc3ccc(Cl)cc3)N2C1=O. The van der Waals surface area contributed by atoms with Gasteiger partial charge in [0.05, 0.1) is 19.2 Å². The number of methoxy groups -OCH3 is 1. The van der Waals surface area contributed by atoms with Crippen molar-refractivity contribution in [1.82, 2.24) is 10.2 Å². The first kappa shape index (κ1) is 24.1.